The lowest BCUT2D eigenvalue weighted by Gasteiger charge is -2.12. The quantitative estimate of drug-likeness (QED) is 0.731. The molecule has 0 radical (unpaired) electrons. The van der Waals surface area contributed by atoms with Gasteiger partial charge in [0.1, 0.15) is 6.61 Å². The zero-order valence-electron chi connectivity index (χ0n) is 15.6. The topological polar surface area (TPSA) is 38.3 Å². The summed E-state index contributed by atoms with van der Waals surface area (Å²) in [4.78, 5) is 11.7. The maximum Gasteiger partial charge on any atom is 0.407 e. The molecule has 0 aliphatic rings. The van der Waals surface area contributed by atoms with E-state index in [2.05, 4.69) is 51.2 Å². The third-order valence-corrected chi connectivity index (χ3v) is 4.50. The van der Waals surface area contributed by atoms with E-state index in [1.807, 2.05) is 30.3 Å². The second-order valence-electron chi connectivity index (χ2n) is 6.35. The number of hydrogen-bond acceptors (Lipinski definition) is 2. The van der Waals surface area contributed by atoms with Gasteiger partial charge in [0.05, 0.1) is 0 Å². The Kier molecular flexibility index (Phi) is 6.81. The first-order chi connectivity index (χ1) is 12.0. The first-order valence-electron chi connectivity index (χ1n) is 8.67. The fraction of sp³-hybridized carbons (Fsp3) is 0.318. The normalized spacial score (nSPS) is 10.9. The first-order valence-corrected chi connectivity index (χ1v) is 8.67. The number of ether oxygens (including phenoxy) is 1. The lowest BCUT2D eigenvalue weighted by molar-refractivity contribution is 0.140. The van der Waals surface area contributed by atoms with Crippen LogP contribution in [0.3, 0.4) is 0 Å². The molecule has 1 N–H and O–H groups in total. The highest BCUT2D eigenvalue weighted by atomic mass is 16.5. The van der Waals surface area contributed by atoms with Crippen molar-refractivity contribution in [2.45, 2.75) is 40.7 Å². The molecule has 1 amide bonds. The van der Waals surface area contributed by atoms with Gasteiger partial charge in [-0.1, -0.05) is 48.6 Å². The molecule has 2 aromatic carbocycles. The summed E-state index contributed by atoms with van der Waals surface area (Å²) in [5, 5.41) is 2.78. The van der Waals surface area contributed by atoms with Gasteiger partial charge in [-0.3, -0.25) is 0 Å². The van der Waals surface area contributed by atoms with Crippen LogP contribution in [0.25, 0.3) is 6.08 Å². The molecule has 0 atom stereocenters. The highest BCUT2D eigenvalue weighted by Crippen LogP contribution is 2.22. The zero-order valence-corrected chi connectivity index (χ0v) is 15.6. The summed E-state index contributed by atoms with van der Waals surface area (Å²) in [6.07, 6.45) is 4.65. The van der Waals surface area contributed by atoms with Gasteiger partial charge in [-0.15, -0.1) is 0 Å². The number of carbonyl (C=O) groups is 1. The molecule has 3 nitrogen and oxygen atoms in total. The SMILES string of the molecule is Cc1cc(C)c(C)c(C=CCCNC(=O)OCc2ccccc2)c1C. The van der Waals surface area contributed by atoms with Crippen molar-refractivity contribution in [1.29, 1.82) is 0 Å². The highest BCUT2D eigenvalue weighted by Gasteiger charge is 2.05. The van der Waals surface area contributed by atoms with Crippen LogP contribution in [0.2, 0.25) is 0 Å². The van der Waals surface area contributed by atoms with E-state index in [0.717, 1.165) is 12.0 Å². The minimum absolute atomic E-state index is 0.295. The third-order valence-electron chi connectivity index (χ3n) is 4.50. The van der Waals surface area contributed by atoms with Gasteiger partial charge in [0, 0.05) is 6.54 Å². The van der Waals surface area contributed by atoms with E-state index in [-0.39, 0.29) is 6.09 Å². The zero-order chi connectivity index (χ0) is 18.2. The maximum absolute atomic E-state index is 11.7. The number of carbonyl (C=O) groups excluding carboxylic acids is 1. The smallest absolute Gasteiger partial charge is 0.407 e. The Hall–Kier alpha value is -2.55. The van der Waals surface area contributed by atoms with Crippen molar-refractivity contribution in [3.05, 3.63) is 75.9 Å². The molecule has 0 bridgehead atoms. The Morgan fingerprint density at radius 1 is 1.04 bits per heavy atom. The van der Waals surface area contributed by atoms with E-state index >= 15 is 0 Å². The molecule has 0 saturated heterocycles. The summed E-state index contributed by atoms with van der Waals surface area (Å²) in [5.74, 6) is 0. The molecule has 25 heavy (non-hydrogen) atoms. The fourth-order valence-corrected chi connectivity index (χ4v) is 2.73. The molecule has 132 valence electrons. The van der Waals surface area contributed by atoms with Crippen LogP contribution in [0.4, 0.5) is 4.79 Å². The molecular formula is C22H27NO2. The molecule has 0 heterocycles. The highest BCUT2D eigenvalue weighted by molar-refractivity contribution is 5.67. The summed E-state index contributed by atoms with van der Waals surface area (Å²) in [6, 6.07) is 11.9. The number of nitrogens with one attached hydrogen (secondary N) is 1. The van der Waals surface area contributed by atoms with Crippen LogP contribution < -0.4 is 5.32 Å². The Bertz CT molecular complexity index is 722. The van der Waals surface area contributed by atoms with E-state index < -0.39 is 0 Å². The number of rotatable bonds is 6. The average molecular weight is 337 g/mol. The van der Waals surface area contributed by atoms with Crippen molar-refractivity contribution in [2.75, 3.05) is 6.54 Å². The van der Waals surface area contributed by atoms with Crippen LogP contribution in [0.1, 0.15) is 39.8 Å². The van der Waals surface area contributed by atoms with Crippen molar-refractivity contribution in [3.63, 3.8) is 0 Å². The number of alkyl carbamates (subject to hydrolysis) is 1. The van der Waals surface area contributed by atoms with Gasteiger partial charge in [0.15, 0.2) is 0 Å². The van der Waals surface area contributed by atoms with Crippen LogP contribution in [0.15, 0.2) is 42.5 Å². The van der Waals surface area contributed by atoms with Gasteiger partial charge in [0.2, 0.25) is 0 Å². The van der Waals surface area contributed by atoms with Crippen LogP contribution in [0, 0.1) is 27.7 Å². The summed E-state index contributed by atoms with van der Waals surface area (Å²) in [5.41, 5.74) is 7.52. The molecule has 2 rings (SSSR count). The molecule has 0 aliphatic heterocycles. The Balaban J connectivity index is 1.77. The average Bonchev–Trinajstić information content (AvgIpc) is 2.61. The minimum Gasteiger partial charge on any atom is -0.445 e. The van der Waals surface area contributed by atoms with Gasteiger partial charge < -0.3 is 10.1 Å². The molecule has 0 aliphatic carbocycles. The van der Waals surface area contributed by atoms with Gasteiger partial charge >= 0.3 is 6.09 Å². The number of amides is 1. The van der Waals surface area contributed by atoms with E-state index in [9.17, 15) is 4.79 Å². The lowest BCUT2D eigenvalue weighted by Crippen LogP contribution is -2.24. The standard InChI is InChI=1S/C22H27NO2/c1-16-14-17(2)19(4)21(18(16)3)12-8-9-13-23-22(24)25-15-20-10-6-5-7-11-20/h5-8,10-12,14H,9,13,15H2,1-4H3,(H,23,24). The monoisotopic (exact) mass is 337 g/mol. The lowest BCUT2D eigenvalue weighted by atomic mass is 9.94. The van der Waals surface area contributed by atoms with E-state index in [4.69, 9.17) is 4.74 Å². The van der Waals surface area contributed by atoms with Crippen molar-refractivity contribution in [1.82, 2.24) is 5.32 Å². The second kappa shape index (κ2) is 9.07. The molecule has 0 saturated carbocycles. The molecule has 0 spiro atoms. The Morgan fingerprint density at radius 2 is 1.68 bits per heavy atom. The Morgan fingerprint density at radius 3 is 2.32 bits per heavy atom. The maximum atomic E-state index is 11.7. The van der Waals surface area contributed by atoms with Gasteiger partial charge in [0.25, 0.3) is 0 Å². The van der Waals surface area contributed by atoms with Crippen molar-refractivity contribution >= 4 is 12.2 Å². The molecule has 0 fully saturated rings. The number of aryl methyl sites for hydroxylation is 2. The van der Waals surface area contributed by atoms with Crippen molar-refractivity contribution < 1.29 is 9.53 Å². The molecule has 3 heteroatoms. The summed E-state index contributed by atoms with van der Waals surface area (Å²) >= 11 is 0. The minimum atomic E-state index is -0.379. The van der Waals surface area contributed by atoms with E-state index in [1.165, 1.54) is 27.8 Å². The molecule has 0 unspecified atom stereocenters. The van der Waals surface area contributed by atoms with E-state index in [0.29, 0.717) is 13.2 Å². The van der Waals surface area contributed by atoms with Gasteiger partial charge in [-0.05, 0) is 67.5 Å². The van der Waals surface area contributed by atoms with Crippen LogP contribution in [-0.4, -0.2) is 12.6 Å². The van der Waals surface area contributed by atoms with Gasteiger partial charge in [-0.25, -0.2) is 4.79 Å². The van der Waals surface area contributed by atoms with Gasteiger partial charge in [-0.2, -0.15) is 0 Å². The summed E-state index contributed by atoms with van der Waals surface area (Å²) in [6.45, 7) is 9.45. The van der Waals surface area contributed by atoms with Crippen molar-refractivity contribution in [2.24, 2.45) is 0 Å². The number of hydrogen-bond donors (Lipinski definition) is 1. The first kappa shape index (κ1) is 18.8. The molecular weight excluding hydrogens is 310 g/mol. The molecule has 2 aromatic rings. The predicted octanol–water partition coefficient (Wildman–Crippen LogP) is 5.25. The summed E-state index contributed by atoms with van der Waals surface area (Å²) < 4.78 is 5.19. The second-order valence-corrected chi connectivity index (χ2v) is 6.35. The largest absolute Gasteiger partial charge is 0.445 e. The predicted molar refractivity (Wildman–Crippen MR) is 104 cm³/mol. The van der Waals surface area contributed by atoms with Crippen molar-refractivity contribution in [3.8, 4) is 0 Å². The molecule has 0 aromatic heterocycles. The fourth-order valence-electron chi connectivity index (χ4n) is 2.73. The van der Waals surface area contributed by atoms with E-state index in [1.54, 1.807) is 0 Å². The van der Waals surface area contributed by atoms with Crippen LogP contribution in [-0.2, 0) is 11.3 Å². The number of benzene rings is 2. The van der Waals surface area contributed by atoms with Crippen LogP contribution in [0.5, 0.6) is 0 Å². The van der Waals surface area contributed by atoms with Crippen LogP contribution >= 0.6 is 0 Å². The third kappa shape index (κ3) is 5.49. The summed E-state index contributed by atoms with van der Waals surface area (Å²) in [7, 11) is 0. The Labute approximate surface area is 150 Å².